The van der Waals surface area contributed by atoms with Crippen LogP contribution in [0.2, 0.25) is 0 Å². The average molecular weight is 333 g/mol. The molecule has 0 saturated heterocycles. The van der Waals surface area contributed by atoms with Crippen molar-refractivity contribution in [1.29, 1.82) is 0 Å². The largest absolute Gasteiger partial charge is 0.453 e. The van der Waals surface area contributed by atoms with Crippen LogP contribution in [0.25, 0.3) is 0 Å². The molecule has 0 aromatic heterocycles. The van der Waals surface area contributed by atoms with E-state index in [4.69, 9.17) is 9.73 Å². The summed E-state index contributed by atoms with van der Waals surface area (Å²) in [7, 11) is 0. The lowest BCUT2D eigenvalue weighted by atomic mass is 9.89. The summed E-state index contributed by atoms with van der Waals surface area (Å²) in [5.74, 6) is 1.65. The first-order valence-corrected chi connectivity index (χ1v) is 8.91. The number of allylic oxidation sites excluding steroid dienone is 1. The third-order valence-electron chi connectivity index (χ3n) is 4.65. The molecule has 1 aliphatic heterocycles. The van der Waals surface area contributed by atoms with E-state index in [0.29, 0.717) is 0 Å². The van der Waals surface area contributed by atoms with Crippen LogP contribution in [0.5, 0.6) is 5.75 Å². The Hall–Kier alpha value is -2.59. The van der Waals surface area contributed by atoms with E-state index >= 15 is 0 Å². The van der Waals surface area contributed by atoms with Crippen LogP contribution in [0, 0.1) is 6.92 Å². The molecule has 1 atom stereocenters. The second-order valence-electron chi connectivity index (χ2n) is 6.38. The SMILES string of the molecule is CCNc1cc2c(cc1C)N=C1C(=CC(NCC)c3ccccc31)O2. The predicted octanol–water partition coefficient (Wildman–Crippen LogP) is 4.49. The van der Waals surface area contributed by atoms with Crippen molar-refractivity contribution in [1.82, 2.24) is 5.32 Å². The molecular formula is C21H23N3O. The Morgan fingerprint density at radius 3 is 2.76 bits per heavy atom. The lowest BCUT2D eigenvalue weighted by Gasteiger charge is -2.29. The molecule has 0 amide bonds. The van der Waals surface area contributed by atoms with Gasteiger partial charge in [0.2, 0.25) is 0 Å². The molecule has 0 bridgehead atoms. The zero-order valence-electron chi connectivity index (χ0n) is 14.9. The molecule has 4 heteroatoms. The number of aryl methyl sites for hydroxylation is 1. The second-order valence-corrected chi connectivity index (χ2v) is 6.38. The quantitative estimate of drug-likeness (QED) is 0.866. The Labute approximate surface area is 148 Å². The van der Waals surface area contributed by atoms with Crippen LogP contribution < -0.4 is 15.4 Å². The van der Waals surface area contributed by atoms with Crippen molar-refractivity contribution in [2.45, 2.75) is 26.8 Å². The summed E-state index contributed by atoms with van der Waals surface area (Å²) in [5, 5.41) is 6.90. The molecule has 2 aromatic rings. The Balaban J connectivity index is 1.84. The monoisotopic (exact) mass is 333 g/mol. The van der Waals surface area contributed by atoms with Gasteiger partial charge in [-0.1, -0.05) is 31.2 Å². The lowest BCUT2D eigenvalue weighted by Crippen LogP contribution is -2.29. The van der Waals surface area contributed by atoms with Crippen LogP contribution >= 0.6 is 0 Å². The molecule has 2 aliphatic rings. The summed E-state index contributed by atoms with van der Waals surface area (Å²) < 4.78 is 6.26. The van der Waals surface area contributed by atoms with Crippen LogP contribution in [0.4, 0.5) is 11.4 Å². The third kappa shape index (κ3) is 2.72. The number of ether oxygens (including phenoxy) is 1. The Kier molecular flexibility index (Phi) is 4.06. The van der Waals surface area contributed by atoms with Crippen LogP contribution in [-0.2, 0) is 0 Å². The maximum atomic E-state index is 6.26. The van der Waals surface area contributed by atoms with Gasteiger partial charge in [-0.15, -0.1) is 0 Å². The number of nitrogens with zero attached hydrogens (tertiary/aromatic N) is 1. The topological polar surface area (TPSA) is 45.7 Å². The number of fused-ring (bicyclic) bond motifs is 4. The number of benzene rings is 2. The standard InChI is InChI=1S/C21H23N3O/c1-4-22-16-11-19-18(10-13(16)3)24-21-15-9-7-6-8-14(15)17(23-5-2)12-20(21)25-19/h6-12,17,22-23H,4-5H2,1-3H3. The van der Waals surface area contributed by atoms with E-state index in [9.17, 15) is 0 Å². The Morgan fingerprint density at radius 2 is 1.96 bits per heavy atom. The minimum Gasteiger partial charge on any atom is -0.453 e. The molecule has 0 fully saturated rings. The van der Waals surface area contributed by atoms with Gasteiger partial charge in [0.1, 0.15) is 11.4 Å². The summed E-state index contributed by atoms with van der Waals surface area (Å²) in [6, 6.07) is 12.7. The highest BCUT2D eigenvalue weighted by atomic mass is 16.5. The van der Waals surface area contributed by atoms with Gasteiger partial charge < -0.3 is 15.4 Å². The molecule has 1 heterocycles. The predicted molar refractivity (Wildman–Crippen MR) is 103 cm³/mol. The van der Waals surface area contributed by atoms with Gasteiger partial charge in [0.15, 0.2) is 11.5 Å². The summed E-state index contributed by atoms with van der Waals surface area (Å²) in [5.41, 5.74) is 6.48. The zero-order chi connectivity index (χ0) is 17.4. The molecule has 1 unspecified atom stereocenters. The smallest absolute Gasteiger partial charge is 0.155 e. The summed E-state index contributed by atoms with van der Waals surface area (Å²) in [6.07, 6.45) is 2.14. The molecule has 2 N–H and O–H groups in total. The number of likely N-dealkylation sites (N-methyl/N-ethyl adjacent to an activating group) is 1. The fourth-order valence-electron chi connectivity index (χ4n) is 3.48. The summed E-state index contributed by atoms with van der Waals surface area (Å²) in [4.78, 5) is 4.93. The maximum absolute atomic E-state index is 6.26. The first-order chi connectivity index (χ1) is 12.2. The van der Waals surface area contributed by atoms with Gasteiger partial charge in [-0.2, -0.15) is 0 Å². The highest BCUT2D eigenvalue weighted by Crippen LogP contribution is 2.41. The molecule has 0 spiro atoms. The van der Waals surface area contributed by atoms with Crippen molar-refractivity contribution in [2.75, 3.05) is 18.4 Å². The molecule has 1 aliphatic carbocycles. The number of nitrogens with one attached hydrogen (secondary N) is 2. The molecule has 2 aromatic carbocycles. The van der Waals surface area contributed by atoms with E-state index in [2.05, 4.69) is 73.9 Å². The number of anilines is 1. The van der Waals surface area contributed by atoms with Gasteiger partial charge in [0.25, 0.3) is 0 Å². The zero-order valence-corrected chi connectivity index (χ0v) is 14.9. The van der Waals surface area contributed by atoms with Crippen molar-refractivity contribution in [3.63, 3.8) is 0 Å². The Bertz CT molecular complexity index is 883. The van der Waals surface area contributed by atoms with Crippen molar-refractivity contribution < 1.29 is 4.74 Å². The van der Waals surface area contributed by atoms with Gasteiger partial charge in [0, 0.05) is 23.9 Å². The second kappa shape index (κ2) is 6.37. The fourth-order valence-corrected chi connectivity index (χ4v) is 3.48. The highest BCUT2D eigenvalue weighted by molar-refractivity contribution is 6.16. The highest BCUT2D eigenvalue weighted by Gasteiger charge is 2.29. The van der Waals surface area contributed by atoms with Crippen LogP contribution in [0.1, 0.15) is 36.6 Å². The Morgan fingerprint density at radius 1 is 1.12 bits per heavy atom. The van der Waals surface area contributed by atoms with E-state index in [1.165, 1.54) is 11.1 Å². The average Bonchev–Trinajstić information content (AvgIpc) is 2.62. The first-order valence-electron chi connectivity index (χ1n) is 8.91. The number of hydrogen-bond acceptors (Lipinski definition) is 4. The number of rotatable bonds is 4. The van der Waals surface area contributed by atoms with E-state index in [-0.39, 0.29) is 6.04 Å². The molecule has 0 radical (unpaired) electrons. The minimum absolute atomic E-state index is 0.149. The number of aliphatic imine (C=N–C) groups is 1. The lowest BCUT2D eigenvalue weighted by molar-refractivity contribution is 0.440. The van der Waals surface area contributed by atoms with Crippen molar-refractivity contribution >= 4 is 17.1 Å². The molecule has 4 rings (SSSR count). The maximum Gasteiger partial charge on any atom is 0.155 e. The van der Waals surface area contributed by atoms with Crippen LogP contribution in [0.3, 0.4) is 0 Å². The fraction of sp³-hybridized carbons (Fsp3) is 0.286. The molecular weight excluding hydrogens is 310 g/mol. The molecule has 0 saturated carbocycles. The van der Waals surface area contributed by atoms with E-state index in [0.717, 1.165) is 47.2 Å². The third-order valence-corrected chi connectivity index (χ3v) is 4.65. The molecule has 4 nitrogen and oxygen atoms in total. The van der Waals surface area contributed by atoms with Crippen LogP contribution in [0.15, 0.2) is 53.2 Å². The van der Waals surface area contributed by atoms with Crippen LogP contribution in [-0.4, -0.2) is 18.8 Å². The van der Waals surface area contributed by atoms with Gasteiger partial charge in [-0.05, 0) is 43.7 Å². The van der Waals surface area contributed by atoms with E-state index in [1.807, 2.05) is 0 Å². The van der Waals surface area contributed by atoms with Gasteiger partial charge >= 0.3 is 0 Å². The molecule has 25 heavy (non-hydrogen) atoms. The van der Waals surface area contributed by atoms with E-state index < -0.39 is 0 Å². The number of hydrogen-bond donors (Lipinski definition) is 2. The summed E-state index contributed by atoms with van der Waals surface area (Å²) in [6.45, 7) is 8.09. The normalized spacial score (nSPS) is 17.5. The first kappa shape index (κ1) is 15.9. The van der Waals surface area contributed by atoms with E-state index in [1.54, 1.807) is 0 Å². The molecule has 128 valence electrons. The van der Waals surface area contributed by atoms with Gasteiger partial charge in [-0.3, -0.25) is 0 Å². The van der Waals surface area contributed by atoms with Crippen molar-refractivity contribution in [3.8, 4) is 5.75 Å². The minimum atomic E-state index is 0.149. The van der Waals surface area contributed by atoms with Crippen molar-refractivity contribution in [2.24, 2.45) is 4.99 Å². The van der Waals surface area contributed by atoms with Crippen molar-refractivity contribution in [3.05, 3.63) is 64.9 Å². The van der Waals surface area contributed by atoms with Gasteiger partial charge in [-0.25, -0.2) is 4.99 Å². The van der Waals surface area contributed by atoms with Gasteiger partial charge in [0.05, 0.1) is 6.04 Å². The summed E-state index contributed by atoms with van der Waals surface area (Å²) >= 11 is 0.